The Morgan fingerprint density at radius 2 is 2.16 bits per heavy atom. The third-order valence-electron chi connectivity index (χ3n) is 4.94. The zero-order valence-corrected chi connectivity index (χ0v) is 11.5. The Morgan fingerprint density at radius 3 is 2.95 bits per heavy atom. The summed E-state index contributed by atoms with van der Waals surface area (Å²) in [5.74, 6) is 2.88. The van der Waals surface area contributed by atoms with Crippen molar-refractivity contribution in [3.8, 4) is 0 Å². The van der Waals surface area contributed by atoms with Gasteiger partial charge in [-0.3, -0.25) is 0 Å². The van der Waals surface area contributed by atoms with Crippen LogP contribution in [-0.2, 0) is 14.3 Å². The Kier molecular flexibility index (Phi) is 3.48. The second-order valence-corrected chi connectivity index (χ2v) is 6.13. The first kappa shape index (κ1) is 12.9. The Labute approximate surface area is 114 Å². The molecule has 0 spiro atoms. The molecule has 0 heterocycles. The van der Waals surface area contributed by atoms with Gasteiger partial charge in [-0.2, -0.15) is 0 Å². The summed E-state index contributed by atoms with van der Waals surface area (Å²) in [6, 6.07) is 0. The van der Waals surface area contributed by atoms with Crippen LogP contribution in [0.25, 0.3) is 0 Å². The summed E-state index contributed by atoms with van der Waals surface area (Å²) < 4.78 is 11.0. The van der Waals surface area contributed by atoms with Gasteiger partial charge in [-0.15, -0.1) is 0 Å². The van der Waals surface area contributed by atoms with Crippen molar-refractivity contribution in [2.45, 2.75) is 32.3 Å². The molecular formula is C16H22O3. The van der Waals surface area contributed by atoms with E-state index >= 15 is 0 Å². The number of carbonyl (C=O) groups excluding carboxylic acids is 1. The maximum Gasteiger partial charge on any atom is 0.333 e. The molecule has 2 bridgehead atoms. The van der Waals surface area contributed by atoms with Gasteiger partial charge in [-0.1, -0.05) is 18.7 Å². The molecule has 3 rings (SSSR count). The molecule has 5 atom stereocenters. The van der Waals surface area contributed by atoms with Crippen molar-refractivity contribution in [3.05, 3.63) is 24.3 Å². The van der Waals surface area contributed by atoms with E-state index in [1.165, 1.54) is 19.3 Å². The number of hydrogen-bond acceptors (Lipinski definition) is 3. The summed E-state index contributed by atoms with van der Waals surface area (Å²) in [5.41, 5.74) is 0.444. The fourth-order valence-corrected chi connectivity index (χ4v) is 4.14. The van der Waals surface area contributed by atoms with E-state index in [1.54, 1.807) is 6.92 Å². The van der Waals surface area contributed by atoms with Crippen LogP contribution in [0.2, 0.25) is 0 Å². The van der Waals surface area contributed by atoms with Gasteiger partial charge in [0.05, 0.1) is 12.7 Å². The zero-order chi connectivity index (χ0) is 13.4. The molecule has 3 nitrogen and oxygen atoms in total. The van der Waals surface area contributed by atoms with Crippen LogP contribution >= 0.6 is 0 Å². The van der Waals surface area contributed by atoms with Crippen molar-refractivity contribution >= 4 is 5.97 Å². The smallest absolute Gasteiger partial charge is 0.333 e. The Hall–Kier alpha value is -1.09. The van der Waals surface area contributed by atoms with Crippen molar-refractivity contribution in [1.82, 2.24) is 0 Å². The first-order valence-electron chi connectivity index (χ1n) is 7.27. The molecule has 2 saturated carbocycles. The van der Waals surface area contributed by atoms with E-state index in [-0.39, 0.29) is 5.97 Å². The summed E-state index contributed by atoms with van der Waals surface area (Å²) in [4.78, 5) is 11.2. The van der Waals surface area contributed by atoms with Crippen molar-refractivity contribution in [3.63, 3.8) is 0 Å². The lowest BCUT2D eigenvalue weighted by Gasteiger charge is -2.31. The molecular weight excluding hydrogens is 240 g/mol. The van der Waals surface area contributed by atoms with Crippen LogP contribution in [0.4, 0.5) is 0 Å². The molecule has 0 amide bonds. The van der Waals surface area contributed by atoms with Crippen LogP contribution in [0, 0.1) is 23.7 Å². The van der Waals surface area contributed by atoms with Gasteiger partial charge in [-0.25, -0.2) is 4.79 Å². The fraction of sp³-hybridized carbons (Fsp3) is 0.688. The molecule has 0 N–H and O–H groups in total. The van der Waals surface area contributed by atoms with Gasteiger partial charge in [0.15, 0.2) is 0 Å². The maximum absolute atomic E-state index is 11.2. The van der Waals surface area contributed by atoms with Crippen LogP contribution in [-0.4, -0.2) is 25.3 Å². The first-order chi connectivity index (χ1) is 9.16. The highest BCUT2D eigenvalue weighted by Crippen LogP contribution is 2.57. The topological polar surface area (TPSA) is 35.5 Å². The number of carbonyl (C=O) groups is 1. The molecule has 0 aromatic carbocycles. The van der Waals surface area contributed by atoms with Crippen molar-refractivity contribution < 1.29 is 14.3 Å². The number of esters is 1. The molecule has 0 aromatic heterocycles. The van der Waals surface area contributed by atoms with Crippen LogP contribution in [0.1, 0.15) is 26.2 Å². The minimum Gasteiger partial charge on any atom is -0.460 e. The summed E-state index contributed by atoms with van der Waals surface area (Å²) >= 11 is 0. The third kappa shape index (κ3) is 2.36. The van der Waals surface area contributed by atoms with Crippen LogP contribution in [0.5, 0.6) is 0 Å². The summed E-state index contributed by atoms with van der Waals surface area (Å²) in [6.45, 7) is 6.07. The number of ether oxygens (including phenoxy) is 2. The maximum atomic E-state index is 11.2. The monoisotopic (exact) mass is 262 g/mol. The Balaban J connectivity index is 1.41. The number of allylic oxidation sites excluding steroid dienone is 2. The highest BCUT2D eigenvalue weighted by Gasteiger charge is 2.52. The van der Waals surface area contributed by atoms with Gasteiger partial charge in [0, 0.05) is 5.57 Å². The second kappa shape index (κ2) is 5.12. The fourth-order valence-electron chi connectivity index (χ4n) is 4.14. The molecule has 19 heavy (non-hydrogen) atoms. The minimum absolute atomic E-state index is 0.323. The van der Waals surface area contributed by atoms with Crippen LogP contribution in [0.3, 0.4) is 0 Å². The SMILES string of the molecule is C=C(C)C(=O)OCCO[C@H]1C[C@H]2C[C@@H]1[C@@H]1CC=C[C@H]21. The third-order valence-corrected chi connectivity index (χ3v) is 4.94. The molecule has 0 unspecified atom stereocenters. The predicted octanol–water partition coefficient (Wildman–Crippen LogP) is 2.72. The van der Waals surface area contributed by atoms with E-state index in [0.29, 0.717) is 24.9 Å². The molecule has 0 radical (unpaired) electrons. The Bertz CT molecular complexity index is 412. The molecule has 3 aliphatic carbocycles. The lowest BCUT2D eigenvalue weighted by Crippen LogP contribution is -2.31. The van der Waals surface area contributed by atoms with Gasteiger partial charge < -0.3 is 9.47 Å². The molecule has 3 heteroatoms. The van der Waals surface area contributed by atoms with E-state index in [9.17, 15) is 4.79 Å². The van der Waals surface area contributed by atoms with E-state index in [2.05, 4.69) is 18.7 Å². The average molecular weight is 262 g/mol. The Morgan fingerprint density at radius 1 is 1.32 bits per heavy atom. The highest BCUT2D eigenvalue weighted by atomic mass is 16.6. The van der Waals surface area contributed by atoms with Crippen molar-refractivity contribution in [2.24, 2.45) is 23.7 Å². The summed E-state index contributed by atoms with van der Waals surface area (Å²) in [6.07, 6.45) is 8.89. The number of fused-ring (bicyclic) bond motifs is 5. The molecule has 2 fully saturated rings. The largest absolute Gasteiger partial charge is 0.460 e. The quantitative estimate of drug-likeness (QED) is 0.331. The van der Waals surface area contributed by atoms with Crippen LogP contribution in [0.15, 0.2) is 24.3 Å². The standard InChI is InChI=1S/C16H22O3/c1-10(2)16(17)19-7-6-18-15-9-11-8-14(15)13-5-3-4-12(11)13/h3-4,11-15H,1,5-9H2,2H3/t11-,12-,13-,14-,15+/m1/s1. The molecule has 0 aliphatic heterocycles. The number of rotatable bonds is 5. The van der Waals surface area contributed by atoms with E-state index in [1.807, 2.05) is 0 Å². The number of hydrogen-bond donors (Lipinski definition) is 0. The van der Waals surface area contributed by atoms with Gasteiger partial charge in [0.2, 0.25) is 0 Å². The van der Waals surface area contributed by atoms with E-state index in [4.69, 9.17) is 9.47 Å². The molecule has 3 aliphatic rings. The zero-order valence-electron chi connectivity index (χ0n) is 11.5. The minimum atomic E-state index is -0.323. The van der Waals surface area contributed by atoms with Gasteiger partial charge in [0.25, 0.3) is 0 Å². The van der Waals surface area contributed by atoms with Crippen molar-refractivity contribution in [1.29, 1.82) is 0 Å². The predicted molar refractivity (Wildman–Crippen MR) is 72.5 cm³/mol. The second-order valence-electron chi connectivity index (χ2n) is 6.13. The van der Waals surface area contributed by atoms with Crippen molar-refractivity contribution in [2.75, 3.05) is 13.2 Å². The van der Waals surface area contributed by atoms with E-state index < -0.39 is 0 Å². The van der Waals surface area contributed by atoms with E-state index in [0.717, 1.165) is 23.7 Å². The van der Waals surface area contributed by atoms with Crippen LogP contribution < -0.4 is 0 Å². The van der Waals surface area contributed by atoms with Gasteiger partial charge in [0.1, 0.15) is 6.61 Å². The normalized spacial score (nSPS) is 38.5. The molecule has 0 saturated heterocycles. The molecule has 0 aromatic rings. The summed E-state index contributed by atoms with van der Waals surface area (Å²) in [5, 5.41) is 0. The average Bonchev–Trinajstić information content (AvgIpc) is 3.05. The lowest BCUT2D eigenvalue weighted by molar-refractivity contribution is -0.141. The van der Waals surface area contributed by atoms with Gasteiger partial charge in [-0.05, 0) is 49.9 Å². The lowest BCUT2D eigenvalue weighted by atomic mass is 9.80. The van der Waals surface area contributed by atoms with Gasteiger partial charge >= 0.3 is 5.97 Å². The highest BCUT2D eigenvalue weighted by molar-refractivity contribution is 5.86. The summed E-state index contributed by atoms with van der Waals surface area (Å²) in [7, 11) is 0. The molecule has 104 valence electrons. The first-order valence-corrected chi connectivity index (χ1v) is 7.27.